The summed E-state index contributed by atoms with van der Waals surface area (Å²) in [6.07, 6.45) is -2.90. The summed E-state index contributed by atoms with van der Waals surface area (Å²) in [6, 6.07) is 10.7. The highest BCUT2D eigenvalue weighted by atomic mass is 19.4. The molecule has 0 saturated carbocycles. The van der Waals surface area contributed by atoms with Crippen molar-refractivity contribution in [2.45, 2.75) is 6.18 Å². The van der Waals surface area contributed by atoms with Gasteiger partial charge in [-0.15, -0.1) is 0 Å². The molecule has 2 aromatic carbocycles. The topological polar surface area (TPSA) is 130 Å². The van der Waals surface area contributed by atoms with Crippen molar-refractivity contribution >= 4 is 34.5 Å². The van der Waals surface area contributed by atoms with Gasteiger partial charge in [0.2, 0.25) is 0 Å². The third kappa shape index (κ3) is 5.90. The van der Waals surface area contributed by atoms with Crippen molar-refractivity contribution in [3.63, 3.8) is 0 Å². The van der Waals surface area contributed by atoms with E-state index in [0.29, 0.717) is 24.5 Å². The summed E-state index contributed by atoms with van der Waals surface area (Å²) >= 11 is 0. The molecule has 3 amide bonds. The van der Waals surface area contributed by atoms with Gasteiger partial charge in [-0.1, -0.05) is 0 Å². The normalized spacial score (nSPS) is 13.8. The first kappa shape index (κ1) is 27.4. The van der Waals surface area contributed by atoms with Gasteiger partial charge in [0.15, 0.2) is 0 Å². The molecule has 1 fully saturated rings. The predicted octanol–water partition coefficient (Wildman–Crippen LogP) is 4.47. The zero-order valence-electron chi connectivity index (χ0n) is 21.6. The van der Waals surface area contributed by atoms with Crippen molar-refractivity contribution in [1.82, 2.24) is 24.3 Å². The van der Waals surface area contributed by atoms with Crippen LogP contribution in [0.1, 0.15) is 26.4 Å². The molecule has 4 aromatic rings. The zero-order chi connectivity index (χ0) is 29.3. The standard InChI is InChI=1S/C27H23F3N6O5/c1-34-21-7-6-20(12-17(21)13-22(34)24(38)35-8-10-36(11-9-35)26(39)40)41-25-31-14-19(15-32-25)33-23(37)16-2-4-18(5-3-16)27(28,29)30/h2-7,12-15H,8-11H2,1H3,(H,33,37)(H,39,40). The quantitative estimate of drug-likeness (QED) is 0.363. The fraction of sp³-hybridized carbons (Fsp3) is 0.222. The minimum absolute atomic E-state index is 0.0135. The maximum atomic E-state index is 13.1. The SMILES string of the molecule is Cn1c(C(=O)N2CCN(C(=O)O)CC2)cc2cc(Oc3ncc(NC(=O)c4ccc(C(F)(F)F)cc4)cn3)ccc21. The van der Waals surface area contributed by atoms with Crippen LogP contribution in [0.5, 0.6) is 11.8 Å². The minimum Gasteiger partial charge on any atom is -0.465 e. The number of hydrogen-bond acceptors (Lipinski definition) is 6. The Hall–Kier alpha value is -5.14. The van der Waals surface area contributed by atoms with Gasteiger partial charge in [0.25, 0.3) is 11.8 Å². The number of hydrogen-bond donors (Lipinski definition) is 2. The van der Waals surface area contributed by atoms with Crippen LogP contribution >= 0.6 is 0 Å². The van der Waals surface area contributed by atoms with Crippen molar-refractivity contribution in [2.75, 3.05) is 31.5 Å². The Morgan fingerprint density at radius 2 is 1.56 bits per heavy atom. The number of carboxylic acid groups (broad SMARTS) is 1. The van der Waals surface area contributed by atoms with E-state index in [2.05, 4.69) is 15.3 Å². The molecule has 14 heteroatoms. The fourth-order valence-electron chi connectivity index (χ4n) is 4.41. The van der Waals surface area contributed by atoms with Crippen molar-refractivity contribution in [3.8, 4) is 11.8 Å². The Bertz CT molecular complexity index is 1610. The third-order valence-electron chi connectivity index (χ3n) is 6.64. The number of halogens is 3. The maximum Gasteiger partial charge on any atom is 0.416 e. The fourth-order valence-corrected chi connectivity index (χ4v) is 4.41. The third-order valence-corrected chi connectivity index (χ3v) is 6.64. The van der Waals surface area contributed by atoms with Crippen LogP contribution in [0, 0.1) is 0 Å². The first-order valence-electron chi connectivity index (χ1n) is 12.3. The van der Waals surface area contributed by atoms with Gasteiger partial charge in [-0.2, -0.15) is 13.2 Å². The molecular formula is C27H23F3N6O5. The summed E-state index contributed by atoms with van der Waals surface area (Å²) in [5, 5.41) is 12.4. The summed E-state index contributed by atoms with van der Waals surface area (Å²) in [7, 11) is 1.77. The first-order chi connectivity index (χ1) is 19.5. The second-order valence-corrected chi connectivity index (χ2v) is 9.26. The first-order valence-corrected chi connectivity index (χ1v) is 12.3. The Labute approximate surface area is 230 Å². The maximum absolute atomic E-state index is 13.1. The Kier molecular flexibility index (Phi) is 7.22. The minimum atomic E-state index is -4.50. The van der Waals surface area contributed by atoms with Crippen LogP contribution < -0.4 is 10.1 Å². The molecule has 3 heterocycles. The molecule has 1 saturated heterocycles. The number of nitrogens with zero attached hydrogens (tertiary/aromatic N) is 5. The highest BCUT2D eigenvalue weighted by Crippen LogP contribution is 2.30. The van der Waals surface area contributed by atoms with Gasteiger partial charge in [-0.05, 0) is 48.5 Å². The lowest BCUT2D eigenvalue weighted by atomic mass is 10.1. The van der Waals surface area contributed by atoms with Crippen LogP contribution in [-0.4, -0.2) is 73.5 Å². The Morgan fingerprint density at radius 3 is 2.17 bits per heavy atom. The molecule has 1 aliphatic heterocycles. The van der Waals surface area contributed by atoms with Gasteiger partial charge in [0.05, 0.1) is 23.6 Å². The van der Waals surface area contributed by atoms with Crippen molar-refractivity contribution in [2.24, 2.45) is 7.05 Å². The molecule has 0 unspecified atom stereocenters. The van der Waals surface area contributed by atoms with E-state index >= 15 is 0 Å². The average molecular weight is 569 g/mol. The molecule has 5 rings (SSSR count). The number of anilines is 1. The molecule has 2 N–H and O–H groups in total. The molecule has 11 nitrogen and oxygen atoms in total. The van der Waals surface area contributed by atoms with Gasteiger partial charge in [-0.3, -0.25) is 9.59 Å². The number of carbonyl (C=O) groups excluding carboxylic acids is 2. The number of aromatic nitrogens is 3. The lowest BCUT2D eigenvalue weighted by Crippen LogP contribution is -2.50. The van der Waals surface area contributed by atoms with Crippen LogP contribution in [-0.2, 0) is 13.2 Å². The van der Waals surface area contributed by atoms with Gasteiger partial charge in [0, 0.05) is 49.7 Å². The monoisotopic (exact) mass is 568 g/mol. The van der Waals surface area contributed by atoms with E-state index < -0.39 is 23.7 Å². The van der Waals surface area contributed by atoms with E-state index in [4.69, 9.17) is 9.84 Å². The van der Waals surface area contributed by atoms with Crippen LogP contribution in [0.3, 0.4) is 0 Å². The number of alkyl halides is 3. The number of fused-ring (bicyclic) bond motifs is 1. The van der Waals surface area contributed by atoms with Crippen molar-refractivity contribution in [1.29, 1.82) is 0 Å². The second kappa shape index (κ2) is 10.8. The summed E-state index contributed by atoms with van der Waals surface area (Å²) in [6.45, 7) is 1.11. The molecule has 0 aliphatic carbocycles. The van der Waals surface area contributed by atoms with Gasteiger partial charge >= 0.3 is 18.3 Å². The van der Waals surface area contributed by atoms with Gasteiger partial charge in [0.1, 0.15) is 11.4 Å². The number of benzene rings is 2. The smallest absolute Gasteiger partial charge is 0.416 e. The number of ether oxygens (including phenoxy) is 1. The summed E-state index contributed by atoms with van der Waals surface area (Å²) in [4.78, 5) is 47.6. The second-order valence-electron chi connectivity index (χ2n) is 9.26. The molecule has 0 spiro atoms. The molecule has 212 valence electrons. The number of carbonyl (C=O) groups is 3. The molecule has 1 aliphatic rings. The summed E-state index contributed by atoms with van der Waals surface area (Å²) in [5.74, 6) is -0.424. The number of aryl methyl sites for hydroxylation is 1. The summed E-state index contributed by atoms with van der Waals surface area (Å²) in [5.41, 5.74) is 0.631. The number of amides is 3. The molecule has 0 radical (unpaired) electrons. The Balaban J connectivity index is 1.23. The van der Waals surface area contributed by atoms with Gasteiger partial charge < -0.3 is 29.5 Å². The summed E-state index contributed by atoms with van der Waals surface area (Å²) < 4.78 is 45.7. The van der Waals surface area contributed by atoms with Crippen molar-refractivity contribution < 1.29 is 37.4 Å². The highest BCUT2D eigenvalue weighted by molar-refractivity contribution is 6.04. The van der Waals surface area contributed by atoms with E-state index in [9.17, 15) is 27.6 Å². The van der Waals surface area contributed by atoms with Crippen LogP contribution in [0.25, 0.3) is 10.9 Å². The Morgan fingerprint density at radius 1 is 0.927 bits per heavy atom. The number of nitrogens with one attached hydrogen (secondary N) is 1. The molecule has 41 heavy (non-hydrogen) atoms. The van der Waals surface area contributed by atoms with E-state index in [1.165, 1.54) is 17.3 Å². The number of piperazine rings is 1. The molecular weight excluding hydrogens is 545 g/mol. The molecule has 0 atom stereocenters. The van der Waals surface area contributed by atoms with Gasteiger partial charge in [-0.25, -0.2) is 14.8 Å². The van der Waals surface area contributed by atoms with Crippen LogP contribution in [0.4, 0.5) is 23.7 Å². The zero-order valence-corrected chi connectivity index (χ0v) is 21.6. The van der Waals surface area contributed by atoms with Crippen LogP contribution in [0.15, 0.2) is 60.9 Å². The highest BCUT2D eigenvalue weighted by Gasteiger charge is 2.30. The molecule has 0 bridgehead atoms. The van der Waals surface area contributed by atoms with Crippen molar-refractivity contribution in [3.05, 3.63) is 77.7 Å². The van der Waals surface area contributed by atoms with E-state index in [1.54, 1.807) is 40.8 Å². The largest absolute Gasteiger partial charge is 0.465 e. The van der Waals surface area contributed by atoms with Crippen LogP contribution in [0.2, 0.25) is 0 Å². The lowest BCUT2D eigenvalue weighted by molar-refractivity contribution is -0.137. The van der Waals surface area contributed by atoms with E-state index in [0.717, 1.165) is 35.2 Å². The molecule has 2 aromatic heterocycles. The van der Waals surface area contributed by atoms with E-state index in [-0.39, 0.29) is 36.3 Å². The number of rotatable bonds is 5. The van der Waals surface area contributed by atoms with E-state index in [1.807, 2.05) is 0 Å². The lowest BCUT2D eigenvalue weighted by Gasteiger charge is -2.33. The predicted molar refractivity (Wildman–Crippen MR) is 140 cm³/mol. The average Bonchev–Trinajstić information content (AvgIpc) is 3.28.